The molecule has 0 aromatic carbocycles. The molecule has 90 valence electrons. The lowest BCUT2D eigenvalue weighted by molar-refractivity contribution is 0.304. The van der Waals surface area contributed by atoms with Crippen molar-refractivity contribution in [2.24, 2.45) is 17.8 Å². The van der Waals surface area contributed by atoms with Gasteiger partial charge in [-0.3, -0.25) is 0 Å². The molecule has 0 unspecified atom stereocenters. The summed E-state index contributed by atoms with van der Waals surface area (Å²) in [6, 6.07) is 4.12. The van der Waals surface area contributed by atoms with E-state index in [-0.39, 0.29) is 0 Å². The molecule has 1 rings (SSSR count). The van der Waals surface area contributed by atoms with E-state index in [9.17, 15) is 0 Å². The number of anilines is 1. The van der Waals surface area contributed by atoms with Crippen molar-refractivity contribution in [3.8, 4) is 0 Å². The van der Waals surface area contributed by atoms with Gasteiger partial charge >= 0.3 is 0 Å². The highest BCUT2D eigenvalue weighted by atomic mass is 15.0. The SMILES string of the molecule is Cc1ccnc(NCC(C(C)C)C(C)C)c1. The van der Waals surface area contributed by atoms with E-state index >= 15 is 0 Å². The Morgan fingerprint density at radius 3 is 2.31 bits per heavy atom. The third-order valence-electron chi connectivity index (χ3n) is 3.15. The average molecular weight is 220 g/mol. The smallest absolute Gasteiger partial charge is 0.126 e. The van der Waals surface area contributed by atoms with Gasteiger partial charge in [0.25, 0.3) is 0 Å². The van der Waals surface area contributed by atoms with Crippen LogP contribution in [0.1, 0.15) is 33.3 Å². The highest BCUT2D eigenvalue weighted by molar-refractivity contribution is 5.36. The molecule has 0 bridgehead atoms. The van der Waals surface area contributed by atoms with Gasteiger partial charge in [-0.1, -0.05) is 27.7 Å². The molecule has 0 atom stereocenters. The maximum atomic E-state index is 4.32. The molecule has 0 aliphatic rings. The number of pyridine rings is 1. The summed E-state index contributed by atoms with van der Waals surface area (Å²) in [5, 5.41) is 3.44. The van der Waals surface area contributed by atoms with Gasteiger partial charge in [-0.25, -0.2) is 4.98 Å². The van der Waals surface area contributed by atoms with Gasteiger partial charge in [-0.15, -0.1) is 0 Å². The fraction of sp³-hybridized carbons (Fsp3) is 0.643. The minimum absolute atomic E-state index is 0.697. The van der Waals surface area contributed by atoms with Crippen molar-refractivity contribution in [3.05, 3.63) is 23.9 Å². The molecule has 0 aliphatic carbocycles. The Bertz CT molecular complexity index is 310. The second kappa shape index (κ2) is 5.88. The van der Waals surface area contributed by atoms with Crippen molar-refractivity contribution in [2.45, 2.75) is 34.6 Å². The largest absolute Gasteiger partial charge is 0.370 e. The van der Waals surface area contributed by atoms with Gasteiger partial charge in [0.1, 0.15) is 5.82 Å². The van der Waals surface area contributed by atoms with Crippen LogP contribution in [0.15, 0.2) is 18.3 Å². The monoisotopic (exact) mass is 220 g/mol. The zero-order chi connectivity index (χ0) is 12.1. The fourth-order valence-electron chi connectivity index (χ4n) is 2.10. The first-order valence-electron chi connectivity index (χ1n) is 6.17. The number of rotatable bonds is 5. The maximum absolute atomic E-state index is 4.32. The minimum atomic E-state index is 0.697. The van der Waals surface area contributed by atoms with Crippen molar-refractivity contribution < 1.29 is 0 Å². The number of hydrogen-bond acceptors (Lipinski definition) is 2. The Labute approximate surface area is 99.5 Å². The highest BCUT2D eigenvalue weighted by Gasteiger charge is 2.16. The third kappa shape index (κ3) is 3.84. The standard InChI is InChI=1S/C14H24N2/c1-10(2)13(11(3)4)9-16-14-8-12(5)6-7-15-14/h6-8,10-11,13H,9H2,1-5H3,(H,15,16). The maximum Gasteiger partial charge on any atom is 0.126 e. The van der Waals surface area contributed by atoms with Crippen molar-refractivity contribution in [2.75, 3.05) is 11.9 Å². The molecule has 0 fully saturated rings. The van der Waals surface area contributed by atoms with Gasteiger partial charge in [-0.2, -0.15) is 0 Å². The van der Waals surface area contributed by atoms with Gasteiger partial charge in [0.2, 0.25) is 0 Å². The molecule has 1 N–H and O–H groups in total. The van der Waals surface area contributed by atoms with E-state index in [4.69, 9.17) is 0 Å². The molecular formula is C14H24N2. The summed E-state index contributed by atoms with van der Waals surface area (Å²) in [7, 11) is 0. The van der Waals surface area contributed by atoms with Gasteiger partial charge < -0.3 is 5.32 Å². The molecule has 1 aromatic heterocycles. The van der Waals surface area contributed by atoms with Crippen LogP contribution in [0.4, 0.5) is 5.82 Å². The molecular weight excluding hydrogens is 196 g/mol. The Balaban J connectivity index is 2.55. The molecule has 0 radical (unpaired) electrons. The predicted octanol–water partition coefficient (Wildman–Crippen LogP) is 3.73. The number of hydrogen-bond donors (Lipinski definition) is 1. The summed E-state index contributed by atoms with van der Waals surface area (Å²) < 4.78 is 0. The summed E-state index contributed by atoms with van der Waals surface area (Å²) >= 11 is 0. The third-order valence-corrected chi connectivity index (χ3v) is 3.15. The summed E-state index contributed by atoms with van der Waals surface area (Å²) in [5.74, 6) is 3.10. The number of aryl methyl sites for hydroxylation is 1. The van der Waals surface area contributed by atoms with Crippen LogP contribution < -0.4 is 5.32 Å². The van der Waals surface area contributed by atoms with Crippen LogP contribution in [0.3, 0.4) is 0 Å². The van der Waals surface area contributed by atoms with E-state index in [1.807, 2.05) is 12.3 Å². The molecule has 16 heavy (non-hydrogen) atoms. The van der Waals surface area contributed by atoms with Crippen molar-refractivity contribution in [1.82, 2.24) is 4.98 Å². The topological polar surface area (TPSA) is 24.9 Å². The van der Waals surface area contributed by atoms with Gasteiger partial charge in [0.05, 0.1) is 0 Å². The lowest BCUT2D eigenvalue weighted by atomic mass is 9.85. The summed E-state index contributed by atoms with van der Waals surface area (Å²) in [4.78, 5) is 4.32. The van der Waals surface area contributed by atoms with Gasteiger partial charge in [0.15, 0.2) is 0 Å². The highest BCUT2D eigenvalue weighted by Crippen LogP contribution is 2.20. The Morgan fingerprint density at radius 1 is 1.19 bits per heavy atom. The summed E-state index contributed by atoms with van der Waals surface area (Å²) in [6.45, 7) is 12.2. The molecule has 0 spiro atoms. The van der Waals surface area contributed by atoms with Crippen molar-refractivity contribution in [1.29, 1.82) is 0 Å². The zero-order valence-corrected chi connectivity index (χ0v) is 11.1. The van der Waals surface area contributed by atoms with Crippen molar-refractivity contribution >= 4 is 5.82 Å². The zero-order valence-electron chi connectivity index (χ0n) is 11.1. The molecule has 2 nitrogen and oxygen atoms in total. The second-order valence-electron chi connectivity index (χ2n) is 5.25. The van der Waals surface area contributed by atoms with E-state index < -0.39 is 0 Å². The van der Waals surface area contributed by atoms with E-state index in [1.165, 1.54) is 5.56 Å². The van der Waals surface area contributed by atoms with Crippen LogP contribution >= 0.6 is 0 Å². The number of aromatic nitrogens is 1. The van der Waals surface area contributed by atoms with Crippen molar-refractivity contribution in [3.63, 3.8) is 0 Å². The van der Waals surface area contributed by atoms with E-state index in [0.29, 0.717) is 17.8 Å². The average Bonchev–Trinajstić information content (AvgIpc) is 2.16. The van der Waals surface area contributed by atoms with Crippen LogP contribution in [-0.2, 0) is 0 Å². The fourth-order valence-corrected chi connectivity index (χ4v) is 2.10. The van der Waals surface area contributed by atoms with Crippen LogP contribution in [0.25, 0.3) is 0 Å². The molecule has 0 saturated carbocycles. The lowest BCUT2D eigenvalue weighted by Crippen LogP contribution is -2.24. The van der Waals surface area contributed by atoms with Gasteiger partial charge in [-0.05, 0) is 42.4 Å². The molecule has 2 heteroatoms. The van der Waals surface area contributed by atoms with E-state index in [0.717, 1.165) is 12.4 Å². The van der Waals surface area contributed by atoms with E-state index in [2.05, 4.69) is 51.0 Å². The molecule has 1 aromatic rings. The van der Waals surface area contributed by atoms with Gasteiger partial charge in [0, 0.05) is 12.7 Å². The normalized spacial score (nSPS) is 11.5. The Hall–Kier alpha value is -1.05. The Kier molecular flexibility index (Phi) is 4.78. The first-order chi connectivity index (χ1) is 7.50. The summed E-state index contributed by atoms with van der Waals surface area (Å²) in [5.41, 5.74) is 1.25. The molecule has 1 heterocycles. The summed E-state index contributed by atoms with van der Waals surface area (Å²) in [6.07, 6.45) is 1.86. The number of nitrogens with one attached hydrogen (secondary N) is 1. The minimum Gasteiger partial charge on any atom is -0.370 e. The first-order valence-corrected chi connectivity index (χ1v) is 6.17. The van der Waals surface area contributed by atoms with Crippen LogP contribution in [0.2, 0.25) is 0 Å². The molecule has 0 saturated heterocycles. The van der Waals surface area contributed by atoms with Crippen LogP contribution in [0.5, 0.6) is 0 Å². The van der Waals surface area contributed by atoms with Crippen LogP contribution in [-0.4, -0.2) is 11.5 Å². The van der Waals surface area contributed by atoms with Crippen LogP contribution in [0, 0.1) is 24.7 Å². The first kappa shape index (κ1) is 13.0. The quantitative estimate of drug-likeness (QED) is 0.818. The molecule has 0 aliphatic heterocycles. The molecule has 0 amide bonds. The second-order valence-corrected chi connectivity index (χ2v) is 5.25. The lowest BCUT2D eigenvalue weighted by Gasteiger charge is -2.25. The van der Waals surface area contributed by atoms with E-state index in [1.54, 1.807) is 0 Å². The Morgan fingerprint density at radius 2 is 1.81 bits per heavy atom. The number of nitrogens with zero attached hydrogens (tertiary/aromatic N) is 1. The predicted molar refractivity (Wildman–Crippen MR) is 70.6 cm³/mol.